The Hall–Kier alpha value is -2.42. The normalized spacial score (nSPS) is 25.3. The molecule has 7 nitrogen and oxygen atoms in total. The molecule has 1 amide bonds. The number of rotatable bonds is 5. The summed E-state index contributed by atoms with van der Waals surface area (Å²) in [6.45, 7) is 2.59. The van der Waals surface area contributed by atoms with Crippen LogP contribution in [0.15, 0.2) is 53.4 Å². The van der Waals surface area contributed by atoms with Crippen molar-refractivity contribution in [1.29, 1.82) is 0 Å². The van der Waals surface area contributed by atoms with Crippen molar-refractivity contribution >= 4 is 21.6 Å². The first-order chi connectivity index (χ1) is 16.5. The number of fused-ring (bicyclic) bond motifs is 1. The average molecular weight is 484 g/mol. The van der Waals surface area contributed by atoms with E-state index in [0.29, 0.717) is 50.3 Å². The fourth-order valence-electron chi connectivity index (χ4n) is 5.42. The second kappa shape index (κ2) is 10.1. The van der Waals surface area contributed by atoms with Gasteiger partial charge in [-0.1, -0.05) is 30.3 Å². The van der Waals surface area contributed by atoms with Gasteiger partial charge in [-0.25, -0.2) is 13.1 Å². The number of carbonyl (C=O) groups is 1. The van der Waals surface area contributed by atoms with Crippen LogP contribution in [0.25, 0.3) is 0 Å². The number of hydrogen-bond donors (Lipinski definition) is 2. The van der Waals surface area contributed by atoms with Crippen molar-refractivity contribution in [3.63, 3.8) is 0 Å². The summed E-state index contributed by atoms with van der Waals surface area (Å²) in [7, 11) is -3.59. The molecule has 2 fully saturated rings. The third-order valence-electron chi connectivity index (χ3n) is 7.32. The molecule has 5 rings (SSSR count). The molecule has 0 spiro atoms. The van der Waals surface area contributed by atoms with E-state index in [2.05, 4.69) is 10.0 Å². The Balaban J connectivity index is 1.20. The number of aryl methyl sites for hydroxylation is 1. The number of amides is 1. The highest BCUT2D eigenvalue weighted by atomic mass is 32.2. The lowest BCUT2D eigenvalue weighted by Gasteiger charge is -2.39. The van der Waals surface area contributed by atoms with Gasteiger partial charge in [-0.05, 0) is 67.9 Å². The van der Waals surface area contributed by atoms with E-state index in [9.17, 15) is 13.2 Å². The lowest BCUT2D eigenvalue weighted by molar-refractivity contribution is -0.145. The van der Waals surface area contributed by atoms with Crippen molar-refractivity contribution in [1.82, 2.24) is 9.62 Å². The minimum Gasteiger partial charge on any atom is -0.385 e. The van der Waals surface area contributed by atoms with Crippen LogP contribution in [-0.2, 0) is 26.0 Å². The van der Waals surface area contributed by atoms with Gasteiger partial charge < -0.3 is 15.0 Å². The predicted molar refractivity (Wildman–Crippen MR) is 131 cm³/mol. The number of sulfonamides is 1. The number of ether oxygens (including phenoxy) is 1. The SMILES string of the molecule is O=C(C1CCC(NS(=O)(=O)c2ccc3c(c2)CCCN3)CC1)N1CCOCC1c1ccccc1. The molecule has 2 aromatic carbocycles. The zero-order valence-corrected chi connectivity index (χ0v) is 20.2. The number of nitrogens with one attached hydrogen (secondary N) is 2. The van der Waals surface area contributed by atoms with Crippen molar-refractivity contribution in [3.05, 3.63) is 59.7 Å². The van der Waals surface area contributed by atoms with Crippen LogP contribution in [0.5, 0.6) is 0 Å². The van der Waals surface area contributed by atoms with Crippen molar-refractivity contribution in [3.8, 4) is 0 Å². The molecule has 0 bridgehead atoms. The Morgan fingerprint density at radius 1 is 1.06 bits per heavy atom. The molecule has 2 aromatic rings. The van der Waals surface area contributed by atoms with Crippen molar-refractivity contribution < 1.29 is 17.9 Å². The van der Waals surface area contributed by atoms with Crippen LogP contribution in [-0.4, -0.2) is 51.6 Å². The van der Waals surface area contributed by atoms with Gasteiger partial charge in [-0.3, -0.25) is 4.79 Å². The van der Waals surface area contributed by atoms with E-state index >= 15 is 0 Å². The lowest BCUT2D eigenvalue weighted by Crippen LogP contribution is -2.47. The summed E-state index contributed by atoms with van der Waals surface area (Å²) in [6, 6.07) is 15.2. The summed E-state index contributed by atoms with van der Waals surface area (Å²) in [5, 5.41) is 3.32. The van der Waals surface area contributed by atoms with Gasteiger partial charge in [0.1, 0.15) is 0 Å². The maximum Gasteiger partial charge on any atom is 0.240 e. The van der Waals surface area contributed by atoms with Gasteiger partial charge in [0.2, 0.25) is 15.9 Å². The van der Waals surface area contributed by atoms with Crippen molar-refractivity contribution in [2.24, 2.45) is 5.92 Å². The number of anilines is 1. The van der Waals surface area contributed by atoms with Crippen LogP contribution in [0.3, 0.4) is 0 Å². The van der Waals surface area contributed by atoms with Gasteiger partial charge >= 0.3 is 0 Å². The molecule has 182 valence electrons. The number of morpholine rings is 1. The Morgan fingerprint density at radius 3 is 2.65 bits per heavy atom. The zero-order chi connectivity index (χ0) is 23.5. The van der Waals surface area contributed by atoms with Gasteiger partial charge in [-0.15, -0.1) is 0 Å². The van der Waals surface area contributed by atoms with Crippen LogP contribution < -0.4 is 10.0 Å². The van der Waals surface area contributed by atoms with E-state index in [1.54, 1.807) is 12.1 Å². The summed E-state index contributed by atoms with van der Waals surface area (Å²) >= 11 is 0. The van der Waals surface area contributed by atoms with E-state index in [1.807, 2.05) is 41.3 Å². The number of hydrogen-bond acceptors (Lipinski definition) is 5. The highest BCUT2D eigenvalue weighted by Crippen LogP contribution is 2.32. The Morgan fingerprint density at radius 2 is 1.85 bits per heavy atom. The average Bonchev–Trinajstić information content (AvgIpc) is 2.89. The summed E-state index contributed by atoms with van der Waals surface area (Å²) in [4.78, 5) is 15.7. The van der Waals surface area contributed by atoms with E-state index < -0.39 is 10.0 Å². The Bertz CT molecular complexity index is 1110. The minimum absolute atomic E-state index is 0.0582. The molecule has 2 aliphatic heterocycles. The van der Waals surface area contributed by atoms with Crippen molar-refractivity contribution in [2.45, 2.75) is 55.5 Å². The van der Waals surface area contributed by atoms with E-state index in [0.717, 1.165) is 36.2 Å². The molecule has 1 aliphatic carbocycles. The topological polar surface area (TPSA) is 87.7 Å². The fourth-order valence-corrected chi connectivity index (χ4v) is 6.77. The van der Waals surface area contributed by atoms with Crippen LogP contribution in [0.2, 0.25) is 0 Å². The highest BCUT2D eigenvalue weighted by molar-refractivity contribution is 7.89. The van der Waals surface area contributed by atoms with Gasteiger partial charge in [0.15, 0.2) is 0 Å². The fraction of sp³-hybridized carbons (Fsp3) is 0.500. The smallest absolute Gasteiger partial charge is 0.240 e. The second-order valence-corrected chi connectivity index (χ2v) is 11.3. The van der Waals surface area contributed by atoms with Gasteiger partial charge in [0, 0.05) is 30.7 Å². The third-order valence-corrected chi connectivity index (χ3v) is 8.84. The maximum absolute atomic E-state index is 13.4. The largest absolute Gasteiger partial charge is 0.385 e. The predicted octanol–water partition coefficient (Wildman–Crippen LogP) is 3.48. The molecule has 1 saturated heterocycles. The monoisotopic (exact) mass is 483 g/mol. The number of nitrogens with zero attached hydrogens (tertiary/aromatic N) is 1. The van der Waals surface area contributed by atoms with Crippen LogP contribution >= 0.6 is 0 Å². The van der Waals surface area contributed by atoms with Gasteiger partial charge in [0.25, 0.3) is 0 Å². The van der Waals surface area contributed by atoms with Crippen LogP contribution in [0.4, 0.5) is 5.69 Å². The molecule has 8 heteroatoms. The van der Waals surface area contributed by atoms with E-state index in [4.69, 9.17) is 4.74 Å². The molecule has 1 saturated carbocycles. The minimum atomic E-state index is -3.59. The van der Waals surface area contributed by atoms with Gasteiger partial charge in [0.05, 0.1) is 24.2 Å². The quantitative estimate of drug-likeness (QED) is 0.680. The number of benzene rings is 2. The molecular weight excluding hydrogens is 450 g/mol. The first-order valence-corrected chi connectivity index (χ1v) is 13.8. The first-order valence-electron chi connectivity index (χ1n) is 12.3. The summed E-state index contributed by atoms with van der Waals surface area (Å²) in [5.41, 5.74) is 3.18. The summed E-state index contributed by atoms with van der Waals surface area (Å²) in [6.07, 6.45) is 4.63. The third kappa shape index (κ3) is 4.99. The first kappa shape index (κ1) is 23.3. The molecule has 34 heavy (non-hydrogen) atoms. The molecular formula is C26H33N3O4S. The standard InChI is InChI=1S/C26H33N3O4S/c30-26(29-15-16-33-18-25(29)19-5-2-1-3-6-19)20-8-10-22(11-9-20)28-34(31,32)23-12-13-24-21(17-23)7-4-14-27-24/h1-3,5-6,12-13,17,20,22,25,27-28H,4,7-11,14-16,18H2. The molecule has 1 unspecified atom stereocenters. The molecule has 2 N–H and O–H groups in total. The summed E-state index contributed by atoms with van der Waals surface area (Å²) < 4.78 is 34.6. The zero-order valence-electron chi connectivity index (χ0n) is 19.4. The Kier molecular flexibility index (Phi) is 6.90. The van der Waals surface area contributed by atoms with Crippen LogP contribution in [0.1, 0.15) is 49.3 Å². The second-order valence-electron chi connectivity index (χ2n) is 9.55. The molecule has 1 atom stereocenters. The molecule has 0 aromatic heterocycles. The number of carbonyl (C=O) groups excluding carboxylic acids is 1. The molecule has 0 radical (unpaired) electrons. The van der Waals surface area contributed by atoms with E-state index in [1.165, 1.54) is 0 Å². The van der Waals surface area contributed by atoms with E-state index in [-0.39, 0.29) is 23.9 Å². The molecule has 3 aliphatic rings. The van der Waals surface area contributed by atoms with Crippen LogP contribution in [0, 0.1) is 5.92 Å². The van der Waals surface area contributed by atoms with Crippen molar-refractivity contribution in [2.75, 3.05) is 31.6 Å². The lowest BCUT2D eigenvalue weighted by atomic mass is 9.85. The Labute approximate surface area is 201 Å². The molecule has 2 heterocycles. The summed E-state index contributed by atoms with van der Waals surface area (Å²) in [5.74, 6) is 0.0977. The van der Waals surface area contributed by atoms with Gasteiger partial charge in [-0.2, -0.15) is 0 Å². The maximum atomic E-state index is 13.4. The highest BCUT2D eigenvalue weighted by Gasteiger charge is 2.35.